The number of hydrogen-bond acceptors (Lipinski definition) is 6. The van der Waals surface area contributed by atoms with Gasteiger partial charge in [0.1, 0.15) is 5.82 Å². The molecule has 0 atom stereocenters. The lowest BCUT2D eigenvalue weighted by Crippen LogP contribution is -2.09. The van der Waals surface area contributed by atoms with E-state index in [0.29, 0.717) is 17.1 Å². The van der Waals surface area contributed by atoms with Gasteiger partial charge in [0, 0.05) is 6.54 Å². The monoisotopic (exact) mass is 297 g/mol. The van der Waals surface area contributed by atoms with Gasteiger partial charge in [0.15, 0.2) is 0 Å². The van der Waals surface area contributed by atoms with Crippen molar-refractivity contribution in [3.05, 3.63) is 17.8 Å². The second kappa shape index (κ2) is 9.47. The van der Waals surface area contributed by atoms with Crippen molar-refractivity contribution in [2.45, 2.75) is 25.7 Å². The Hall–Kier alpha value is -1.43. The molecule has 0 amide bonds. The molecule has 0 aliphatic heterocycles. The van der Waals surface area contributed by atoms with E-state index in [2.05, 4.69) is 21.3 Å². The molecule has 6 heteroatoms. The van der Waals surface area contributed by atoms with Crippen LogP contribution in [0.4, 0.5) is 11.5 Å². The number of anilines is 2. The summed E-state index contributed by atoms with van der Waals surface area (Å²) < 4.78 is 4.68. The number of ether oxygens (including phenoxy) is 1. The fourth-order valence-electron chi connectivity index (χ4n) is 1.79. The number of esters is 1. The van der Waals surface area contributed by atoms with Crippen molar-refractivity contribution in [2.75, 3.05) is 36.7 Å². The Bertz CT molecular complexity index is 427. The molecule has 0 saturated carbocycles. The smallest absolute Gasteiger partial charge is 0.340 e. The van der Waals surface area contributed by atoms with Crippen molar-refractivity contribution < 1.29 is 9.53 Å². The summed E-state index contributed by atoms with van der Waals surface area (Å²) >= 11 is 1.89. The molecular formula is C14H23N3O2S. The van der Waals surface area contributed by atoms with Gasteiger partial charge in [0.05, 0.1) is 24.6 Å². The lowest BCUT2D eigenvalue weighted by molar-refractivity contribution is 0.0602. The van der Waals surface area contributed by atoms with E-state index in [1.165, 1.54) is 38.3 Å². The van der Waals surface area contributed by atoms with E-state index >= 15 is 0 Å². The lowest BCUT2D eigenvalue weighted by atomic mass is 10.2. The summed E-state index contributed by atoms with van der Waals surface area (Å²) in [6.45, 7) is 0.844. The highest BCUT2D eigenvalue weighted by atomic mass is 32.2. The zero-order valence-corrected chi connectivity index (χ0v) is 13.0. The fourth-order valence-corrected chi connectivity index (χ4v) is 2.28. The van der Waals surface area contributed by atoms with Gasteiger partial charge in [-0.2, -0.15) is 11.8 Å². The Kier molecular flexibility index (Phi) is 7.87. The molecule has 0 radical (unpaired) electrons. The van der Waals surface area contributed by atoms with Crippen LogP contribution in [0.5, 0.6) is 0 Å². The van der Waals surface area contributed by atoms with Crippen molar-refractivity contribution in [1.82, 2.24) is 4.98 Å². The van der Waals surface area contributed by atoms with E-state index in [1.54, 1.807) is 6.07 Å². The van der Waals surface area contributed by atoms with Gasteiger partial charge in [-0.05, 0) is 30.9 Å². The lowest BCUT2D eigenvalue weighted by Gasteiger charge is -2.08. The molecule has 0 aromatic carbocycles. The van der Waals surface area contributed by atoms with Crippen LogP contribution in [0.15, 0.2) is 12.3 Å². The summed E-state index contributed by atoms with van der Waals surface area (Å²) in [7, 11) is 1.34. The standard InChI is InChI=1S/C14H23N3O2S/c1-19-14(18)11-9-13(17-10-12(11)15)16-7-5-3-4-6-8-20-2/h9-10H,3-8,15H2,1-2H3,(H,16,17). The minimum Gasteiger partial charge on any atom is -0.465 e. The molecule has 0 aliphatic rings. The Balaban J connectivity index is 2.35. The second-order valence-electron chi connectivity index (χ2n) is 4.48. The molecule has 0 bridgehead atoms. The number of thioether (sulfide) groups is 1. The van der Waals surface area contributed by atoms with Gasteiger partial charge in [-0.25, -0.2) is 9.78 Å². The van der Waals surface area contributed by atoms with Crippen LogP contribution in [0.25, 0.3) is 0 Å². The summed E-state index contributed by atoms with van der Waals surface area (Å²) in [6, 6.07) is 1.63. The number of unbranched alkanes of at least 4 members (excludes halogenated alkanes) is 3. The zero-order chi connectivity index (χ0) is 14.8. The summed E-state index contributed by atoms with van der Waals surface area (Å²) in [5.74, 6) is 1.45. The molecule has 0 fully saturated rings. The number of nitrogen functional groups attached to an aromatic ring is 1. The van der Waals surface area contributed by atoms with Gasteiger partial charge in [-0.3, -0.25) is 0 Å². The molecule has 0 aliphatic carbocycles. The highest BCUT2D eigenvalue weighted by molar-refractivity contribution is 7.98. The number of nitrogens with two attached hydrogens (primary N) is 1. The summed E-state index contributed by atoms with van der Waals surface area (Å²) in [5.41, 5.74) is 6.38. The normalized spacial score (nSPS) is 10.3. The van der Waals surface area contributed by atoms with Crippen molar-refractivity contribution >= 4 is 29.2 Å². The number of methoxy groups -OCH3 is 1. The number of carbonyl (C=O) groups excluding carboxylic acids is 1. The van der Waals surface area contributed by atoms with Gasteiger partial charge in [-0.1, -0.05) is 12.8 Å². The Morgan fingerprint density at radius 2 is 2.15 bits per heavy atom. The summed E-state index contributed by atoms with van der Waals surface area (Å²) in [5, 5.41) is 3.20. The quantitative estimate of drug-likeness (QED) is 0.539. The minimum atomic E-state index is -0.440. The van der Waals surface area contributed by atoms with Gasteiger partial charge in [0.25, 0.3) is 0 Å². The molecule has 5 nitrogen and oxygen atoms in total. The first kappa shape index (κ1) is 16.6. The maximum absolute atomic E-state index is 11.5. The Morgan fingerprint density at radius 3 is 2.85 bits per heavy atom. The molecule has 0 saturated heterocycles. The van der Waals surface area contributed by atoms with E-state index in [9.17, 15) is 4.79 Å². The highest BCUT2D eigenvalue weighted by Crippen LogP contribution is 2.16. The zero-order valence-electron chi connectivity index (χ0n) is 12.1. The largest absolute Gasteiger partial charge is 0.465 e. The van der Waals surface area contributed by atoms with Crippen molar-refractivity contribution in [3.8, 4) is 0 Å². The van der Waals surface area contributed by atoms with Crippen LogP contribution in [-0.4, -0.2) is 36.6 Å². The summed E-state index contributed by atoms with van der Waals surface area (Å²) in [4.78, 5) is 15.7. The van der Waals surface area contributed by atoms with E-state index in [0.717, 1.165) is 13.0 Å². The Morgan fingerprint density at radius 1 is 1.40 bits per heavy atom. The second-order valence-corrected chi connectivity index (χ2v) is 5.47. The molecule has 1 rings (SSSR count). The minimum absolute atomic E-state index is 0.333. The van der Waals surface area contributed by atoms with E-state index < -0.39 is 5.97 Å². The van der Waals surface area contributed by atoms with Crippen molar-refractivity contribution in [2.24, 2.45) is 0 Å². The molecule has 0 unspecified atom stereocenters. The SMILES string of the molecule is COC(=O)c1cc(NCCCCCCSC)ncc1N. The van der Waals surface area contributed by atoms with E-state index in [4.69, 9.17) is 5.73 Å². The van der Waals surface area contributed by atoms with Gasteiger partial charge in [0.2, 0.25) is 0 Å². The first-order valence-electron chi connectivity index (χ1n) is 6.75. The molecule has 1 aromatic rings. The number of nitrogens with zero attached hydrogens (tertiary/aromatic N) is 1. The number of nitrogens with one attached hydrogen (secondary N) is 1. The van der Waals surface area contributed by atoms with Gasteiger partial charge < -0.3 is 15.8 Å². The first-order valence-corrected chi connectivity index (χ1v) is 8.15. The van der Waals surface area contributed by atoms with Gasteiger partial charge in [-0.15, -0.1) is 0 Å². The number of carbonyl (C=O) groups is 1. The topological polar surface area (TPSA) is 77.2 Å². The fraction of sp³-hybridized carbons (Fsp3) is 0.571. The average Bonchev–Trinajstić information content (AvgIpc) is 2.47. The number of aromatic nitrogens is 1. The summed E-state index contributed by atoms with van der Waals surface area (Å²) in [6.07, 6.45) is 8.43. The van der Waals surface area contributed by atoms with E-state index in [-0.39, 0.29) is 0 Å². The van der Waals surface area contributed by atoms with Crippen LogP contribution in [-0.2, 0) is 4.74 Å². The maximum atomic E-state index is 11.5. The van der Waals surface area contributed by atoms with Crippen LogP contribution in [0.2, 0.25) is 0 Å². The van der Waals surface area contributed by atoms with Crippen LogP contribution < -0.4 is 11.1 Å². The van der Waals surface area contributed by atoms with Crippen LogP contribution in [0.1, 0.15) is 36.0 Å². The molecule has 0 spiro atoms. The molecule has 1 heterocycles. The Labute approximate surface area is 124 Å². The first-order chi connectivity index (χ1) is 9.69. The molecule has 112 valence electrons. The third kappa shape index (κ3) is 5.69. The van der Waals surface area contributed by atoms with E-state index in [1.807, 2.05) is 11.8 Å². The van der Waals surface area contributed by atoms with Crippen molar-refractivity contribution in [1.29, 1.82) is 0 Å². The number of hydrogen-bond donors (Lipinski definition) is 2. The number of rotatable bonds is 9. The maximum Gasteiger partial charge on any atom is 0.340 e. The molecule has 3 N–H and O–H groups in total. The third-order valence-corrected chi connectivity index (χ3v) is 3.62. The van der Waals surface area contributed by atoms with Crippen LogP contribution >= 0.6 is 11.8 Å². The molecule has 20 heavy (non-hydrogen) atoms. The predicted molar refractivity (Wildman–Crippen MR) is 85.3 cm³/mol. The molecular weight excluding hydrogens is 274 g/mol. The predicted octanol–water partition coefficient (Wildman–Crippen LogP) is 2.79. The van der Waals surface area contributed by atoms with Crippen LogP contribution in [0, 0.1) is 0 Å². The van der Waals surface area contributed by atoms with Gasteiger partial charge >= 0.3 is 5.97 Å². The number of pyridine rings is 1. The van der Waals surface area contributed by atoms with Crippen LogP contribution in [0.3, 0.4) is 0 Å². The molecule has 1 aromatic heterocycles. The third-order valence-electron chi connectivity index (χ3n) is 2.92. The highest BCUT2D eigenvalue weighted by Gasteiger charge is 2.11. The average molecular weight is 297 g/mol. The van der Waals surface area contributed by atoms with Crippen molar-refractivity contribution in [3.63, 3.8) is 0 Å².